The SMILES string of the molecule is CCCNC(CC1CC1)c1ccc(-c2ccccc2)cc1. The highest BCUT2D eigenvalue weighted by atomic mass is 14.9. The topological polar surface area (TPSA) is 12.0 Å². The van der Waals surface area contributed by atoms with Crippen molar-refractivity contribution >= 4 is 0 Å². The van der Waals surface area contributed by atoms with Crippen LogP contribution < -0.4 is 5.32 Å². The second-order valence-corrected chi connectivity index (χ2v) is 6.17. The van der Waals surface area contributed by atoms with Gasteiger partial charge in [-0.2, -0.15) is 0 Å². The molecule has 1 N–H and O–H groups in total. The van der Waals surface area contributed by atoms with Crippen LogP contribution in [0.15, 0.2) is 54.6 Å². The van der Waals surface area contributed by atoms with Crippen molar-refractivity contribution in [3.05, 3.63) is 60.2 Å². The minimum absolute atomic E-state index is 0.530. The average molecular weight is 279 g/mol. The fourth-order valence-corrected chi connectivity index (χ4v) is 2.88. The van der Waals surface area contributed by atoms with Crippen LogP contribution in [-0.2, 0) is 0 Å². The predicted molar refractivity (Wildman–Crippen MR) is 90.3 cm³/mol. The number of nitrogens with one attached hydrogen (secondary N) is 1. The molecule has 1 aliphatic rings. The predicted octanol–water partition coefficient (Wildman–Crippen LogP) is 5.19. The highest BCUT2D eigenvalue weighted by molar-refractivity contribution is 5.63. The molecule has 21 heavy (non-hydrogen) atoms. The molecule has 2 aromatic carbocycles. The molecule has 1 atom stereocenters. The van der Waals surface area contributed by atoms with Gasteiger partial charge < -0.3 is 5.32 Å². The lowest BCUT2D eigenvalue weighted by Crippen LogP contribution is -2.22. The number of rotatable bonds is 7. The molecule has 0 heterocycles. The van der Waals surface area contributed by atoms with E-state index < -0.39 is 0 Å². The molecule has 0 aliphatic heterocycles. The van der Waals surface area contributed by atoms with E-state index in [9.17, 15) is 0 Å². The van der Waals surface area contributed by atoms with Crippen molar-refractivity contribution in [1.29, 1.82) is 0 Å². The minimum Gasteiger partial charge on any atom is -0.310 e. The van der Waals surface area contributed by atoms with Crippen LogP contribution in [0.5, 0.6) is 0 Å². The number of hydrogen-bond acceptors (Lipinski definition) is 1. The minimum atomic E-state index is 0.530. The molecule has 1 fully saturated rings. The molecule has 0 aromatic heterocycles. The van der Waals surface area contributed by atoms with Crippen molar-refractivity contribution in [2.45, 2.75) is 38.6 Å². The van der Waals surface area contributed by atoms with Gasteiger partial charge in [-0.15, -0.1) is 0 Å². The highest BCUT2D eigenvalue weighted by Gasteiger charge is 2.25. The fourth-order valence-electron chi connectivity index (χ4n) is 2.88. The van der Waals surface area contributed by atoms with E-state index in [0.717, 1.165) is 12.5 Å². The third-order valence-corrected chi connectivity index (χ3v) is 4.33. The lowest BCUT2D eigenvalue weighted by Gasteiger charge is -2.19. The van der Waals surface area contributed by atoms with Crippen molar-refractivity contribution in [3.63, 3.8) is 0 Å². The van der Waals surface area contributed by atoms with Gasteiger partial charge in [0.15, 0.2) is 0 Å². The molecule has 0 amide bonds. The Bertz CT molecular complexity index is 540. The van der Waals surface area contributed by atoms with Gasteiger partial charge >= 0.3 is 0 Å². The Kier molecular flexibility index (Phi) is 4.72. The van der Waals surface area contributed by atoms with E-state index in [4.69, 9.17) is 0 Å². The Morgan fingerprint density at radius 1 is 0.952 bits per heavy atom. The molecule has 0 radical (unpaired) electrons. The van der Waals surface area contributed by atoms with Crippen LogP contribution in [0.1, 0.15) is 44.2 Å². The standard InChI is InChI=1S/C20H25N/c1-2-14-21-20(15-16-8-9-16)19-12-10-18(11-13-19)17-6-4-3-5-7-17/h3-7,10-13,16,20-21H,2,8-9,14-15H2,1H3. The molecule has 110 valence electrons. The smallest absolute Gasteiger partial charge is 0.0322 e. The maximum atomic E-state index is 3.72. The van der Waals surface area contributed by atoms with Crippen LogP contribution in [0.25, 0.3) is 11.1 Å². The van der Waals surface area contributed by atoms with Gasteiger partial charge in [-0.1, -0.05) is 74.4 Å². The monoisotopic (exact) mass is 279 g/mol. The fraction of sp³-hybridized carbons (Fsp3) is 0.400. The van der Waals surface area contributed by atoms with Crippen molar-refractivity contribution in [2.24, 2.45) is 5.92 Å². The summed E-state index contributed by atoms with van der Waals surface area (Å²) in [6.07, 6.45) is 5.34. The van der Waals surface area contributed by atoms with Crippen LogP contribution in [0, 0.1) is 5.92 Å². The zero-order valence-corrected chi connectivity index (χ0v) is 12.9. The maximum absolute atomic E-state index is 3.72. The lowest BCUT2D eigenvalue weighted by atomic mass is 9.97. The first-order valence-electron chi connectivity index (χ1n) is 8.25. The molecular weight excluding hydrogens is 254 g/mol. The summed E-state index contributed by atoms with van der Waals surface area (Å²) in [6, 6.07) is 20.3. The van der Waals surface area contributed by atoms with Crippen molar-refractivity contribution in [1.82, 2.24) is 5.32 Å². The maximum Gasteiger partial charge on any atom is 0.0322 e. The summed E-state index contributed by atoms with van der Waals surface area (Å²) in [6.45, 7) is 3.34. The van der Waals surface area contributed by atoms with E-state index in [1.54, 1.807) is 0 Å². The number of hydrogen-bond donors (Lipinski definition) is 1. The van der Waals surface area contributed by atoms with Crippen molar-refractivity contribution in [3.8, 4) is 11.1 Å². The quantitative estimate of drug-likeness (QED) is 0.735. The second kappa shape index (κ2) is 6.91. The second-order valence-electron chi connectivity index (χ2n) is 6.17. The normalized spacial score (nSPS) is 15.9. The Balaban J connectivity index is 1.74. The van der Waals surface area contributed by atoms with E-state index in [1.165, 1.54) is 42.4 Å². The Labute approximate surface area is 128 Å². The van der Waals surface area contributed by atoms with Gasteiger partial charge in [0.2, 0.25) is 0 Å². The van der Waals surface area contributed by atoms with Crippen molar-refractivity contribution in [2.75, 3.05) is 6.54 Å². The van der Waals surface area contributed by atoms with Gasteiger partial charge in [0.25, 0.3) is 0 Å². The first-order chi connectivity index (χ1) is 10.4. The van der Waals surface area contributed by atoms with Gasteiger partial charge in [-0.25, -0.2) is 0 Å². The summed E-state index contributed by atoms with van der Waals surface area (Å²) in [5.41, 5.74) is 4.04. The first kappa shape index (κ1) is 14.3. The lowest BCUT2D eigenvalue weighted by molar-refractivity contribution is 0.474. The molecular formula is C20H25N. The van der Waals surface area contributed by atoms with E-state index in [0.29, 0.717) is 6.04 Å². The third kappa shape index (κ3) is 3.95. The van der Waals surface area contributed by atoms with E-state index in [-0.39, 0.29) is 0 Å². The molecule has 0 bridgehead atoms. The molecule has 3 rings (SSSR count). The third-order valence-electron chi connectivity index (χ3n) is 4.33. The van der Waals surface area contributed by atoms with Crippen LogP contribution in [0.3, 0.4) is 0 Å². The zero-order chi connectivity index (χ0) is 14.5. The summed E-state index contributed by atoms with van der Waals surface area (Å²) in [4.78, 5) is 0. The molecule has 2 aromatic rings. The summed E-state index contributed by atoms with van der Waals surface area (Å²) >= 11 is 0. The summed E-state index contributed by atoms with van der Waals surface area (Å²) in [5, 5.41) is 3.72. The highest BCUT2D eigenvalue weighted by Crippen LogP contribution is 2.37. The van der Waals surface area contributed by atoms with Crippen molar-refractivity contribution < 1.29 is 0 Å². The number of benzene rings is 2. The largest absolute Gasteiger partial charge is 0.310 e. The molecule has 1 aliphatic carbocycles. The molecule has 1 unspecified atom stereocenters. The molecule has 1 heteroatoms. The molecule has 0 saturated heterocycles. The zero-order valence-electron chi connectivity index (χ0n) is 12.9. The molecule has 1 nitrogen and oxygen atoms in total. The van der Waals surface area contributed by atoms with E-state index >= 15 is 0 Å². The van der Waals surface area contributed by atoms with Gasteiger partial charge in [0.1, 0.15) is 0 Å². The Morgan fingerprint density at radius 3 is 2.24 bits per heavy atom. The summed E-state index contributed by atoms with van der Waals surface area (Å²) in [5.74, 6) is 0.952. The first-order valence-corrected chi connectivity index (χ1v) is 8.25. The molecule has 0 spiro atoms. The van der Waals surface area contributed by atoms with E-state index in [1.807, 2.05) is 0 Å². The Hall–Kier alpha value is -1.60. The van der Waals surface area contributed by atoms with E-state index in [2.05, 4.69) is 66.8 Å². The van der Waals surface area contributed by atoms with Crippen LogP contribution in [-0.4, -0.2) is 6.54 Å². The van der Waals surface area contributed by atoms with Gasteiger partial charge in [-0.05, 0) is 42.0 Å². The van der Waals surface area contributed by atoms with Crippen LogP contribution in [0.4, 0.5) is 0 Å². The Morgan fingerprint density at radius 2 is 1.62 bits per heavy atom. The summed E-state index contributed by atoms with van der Waals surface area (Å²) in [7, 11) is 0. The van der Waals surface area contributed by atoms with Gasteiger partial charge in [0.05, 0.1) is 0 Å². The van der Waals surface area contributed by atoms with Crippen LogP contribution >= 0.6 is 0 Å². The van der Waals surface area contributed by atoms with Gasteiger partial charge in [-0.3, -0.25) is 0 Å². The van der Waals surface area contributed by atoms with Crippen LogP contribution in [0.2, 0.25) is 0 Å². The average Bonchev–Trinajstić information content (AvgIpc) is 3.36. The summed E-state index contributed by atoms with van der Waals surface area (Å²) < 4.78 is 0. The van der Waals surface area contributed by atoms with Gasteiger partial charge in [0, 0.05) is 6.04 Å². The molecule has 1 saturated carbocycles.